The Bertz CT molecular complexity index is 814. The van der Waals surface area contributed by atoms with E-state index < -0.39 is 23.4 Å². The lowest BCUT2D eigenvalue weighted by Crippen LogP contribution is -2.62. The molecule has 2 N–H and O–H groups in total. The number of ketones is 2. The van der Waals surface area contributed by atoms with E-state index in [4.69, 9.17) is 4.74 Å². The highest BCUT2D eigenvalue weighted by Gasteiger charge is 2.81. The van der Waals surface area contributed by atoms with Gasteiger partial charge < -0.3 is 14.9 Å². The Morgan fingerprint density at radius 1 is 1.33 bits per heavy atom. The first-order chi connectivity index (χ1) is 12.6. The predicted octanol–water partition coefficient (Wildman–Crippen LogP) is 1.96. The Kier molecular flexibility index (Phi) is 3.29. The van der Waals surface area contributed by atoms with Crippen molar-refractivity contribution in [2.45, 2.75) is 63.8 Å². The van der Waals surface area contributed by atoms with Crippen LogP contribution >= 0.6 is 0 Å². The summed E-state index contributed by atoms with van der Waals surface area (Å²) >= 11 is 0. The maximum atomic E-state index is 12.6. The van der Waals surface area contributed by atoms with Crippen LogP contribution in [-0.2, 0) is 14.3 Å². The molecular weight excluding hydrogens is 344 g/mol. The molecule has 4 fully saturated rings. The fraction of sp³-hybridized carbons (Fsp3) is 0.727. The summed E-state index contributed by atoms with van der Waals surface area (Å²) in [6.07, 6.45) is 8.58. The maximum Gasteiger partial charge on any atom is 0.190 e. The molecule has 1 heterocycles. The minimum atomic E-state index is -1.50. The van der Waals surface area contributed by atoms with Gasteiger partial charge in [0.1, 0.15) is 17.8 Å². The Morgan fingerprint density at radius 3 is 2.78 bits per heavy atom. The van der Waals surface area contributed by atoms with Crippen molar-refractivity contribution in [3.63, 3.8) is 0 Å². The molecule has 4 unspecified atom stereocenters. The number of rotatable bonds is 2. The van der Waals surface area contributed by atoms with Crippen LogP contribution in [0.5, 0.6) is 0 Å². The number of epoxide rings is 1. The van der Waals surface area contributed by atoms with Gasteiger partial charge in [0.25, 0.3) is 0 Å². The molecule has 3 saturated carbocycles. The van der Waals surface area contributed by atoms with Crippen LogP contribution in [0.1, 0.15) is 46.5 Å². The van der Waals surface area contributed by atoms with Gasteiger partial charge in [-0.1, -0.05) is 25.5 Å². The van der Waals surface area contributed by atoms with Gasteiger partial charge in [-0.15, -0.1) is 0 Å². The molecule has 5 rings (SSSR count). The van der Waals surface area contributed by atoms with E-state index in [0.717, 1.165) is 24.8 Å². The van der Waals surface area contributed by atoms with Crippen molar-refractivity contribution in [2.75, 3.05) is 6.61 Å². The first-order valence-corrected chi connectivity index (χ1v) is 10.1. The molecular formula is C22H28O5. The first-order valence-electron chi connectivity index (χ1n) is 10.1. The Morgan fingerprint density at radius 2 is 2.07 bits per heavy atom. The molecule has 0 aromatic heterocycles. The lowest BCUT2D eigenvalue weighted by atomic mass is 9.46. The number of aliphatic hydroxyl groups is 2. The SMILES string of the molecule is C[C@H]1CC2C3CCC4=CC(=O)C=CC4(C)[C@]34O[C@@H]4CC2(C)[C@@]1(O)C(=O)CO. The van der Waals surface area contributed by atoms with Crippen LogP contribution in [0.15, 0.2) is 23.8 Å². The van der Waals surface area contributed by atoms with E-state index in [0.29, 0.717) is 6.42 Å². The first kappa shape index (κ1) is 17.8. The van der Waals surface area contributed by atoms with Gasteiger partial charge in [-0.05, 0) is 62.5 Å². The van der Waals surface area contributed by atoms with Gasteiger partial charge in [0, 0.05) is 10.8 Å². The highest BCUT2D eigenvalue weighted by Crippen LogP contribution is 2.76. The standard InChI is InChI=1S/C22H28O5/c1-12-8-16-15-5-4-13-9-14(24)6-7-19(13,2)22(15)18(27-22)10-20(16,3)21(12,26)17(25)11-23/h6-7,9,12,15-16,18,23,26H,4-5,8,10-11H2,1-3H3/t12-,15?,16?,18+,19?,20?,21-,22-/m0/s1. The van der Waals surface area contributed by atoms with Crippen molar-refractivity contribution >= 4 is 11.6 Å². The summed E-state index contributed by atoms with van der Waals surface area (Å²) in [5.74, 6) is -0.193. The monoisotopic (exact) mass is 372 g/mol. The molecule has 8 atom stereocenters. The number of carbonyl (C=O) groups is 2. The fourth-order valence-electron chi connectivity index (χ4n) is 7.70. The zero-order valence-corrected chi connectivity index (χ0v) is 16.2. The van der Waals surface area contributed by atoms with Crippen LogP contribution in [0, 0.1) is 28.6 Å². The number of hydrogen-bond donors (Lipinski definition) is 2. The van der Waals surface area contributed by atoms with E-state index in [1.807, 2.05) is 19.9 Å². The molecule has 1 aliphatic heterocycles. The van der Waals surface area contributed by atoms with E-state index in [2.05, 4.69) is 6.92 Å². The van der Waals surface area contributed by atoms with Gasteiger partial charge in [-0.3, -0.25) is 9.59 Å². The zero-order chi connectivity index (χ0) is 19.4. The smallest absolute Gasteiger partial charge is 0.190 e. The summed E-state index contributed by atoms with van der Waals surface area (Å²) in [6.45, 7) is 5.51. The number of allylic oxidation sites excluding steroid dienone is 2. The van der Waals surface area contributed by atoms with Crippen LogP contribution in [0.3, 0.4) is 0 Å². The number of carbonyl (C=O) groups excluding carboxylic acids is 2. The van der Waals surface area contributed by atoms with Gasteiger partial charge in [0.15, 0.2) is 11.6 Å². The predicted molar refractivity (Wildman–Crippen MR) is 97.7 cm³/mol. The molecule has 0 aromatic carbocycles. The third-order valence-electron chi connectivity index (χ3n) is 9.08. The van der Waals surface area contributed by atoms with E-state index in [9.17, 15) is 19.8 Å². The molecule has 0 aromatic rings. The largest absolute Gasteiger partial charge is 0.388 e. The Balaban J connectivity index is 1.60. The lowest BCUT2D eigenvalue weighted by molar-refractivity contribution is -0.165. The highest BCUT2D eigenvalue weighted by atomic mass is 16.6. The van der Waals surface area contributed by atoms with Crippen LogP contribution in [0.4, 0.5) is 0 Å². The van der Waals surface area contributed by atoms with Crippen LogP contribution in [0.25, 0.3) is 0 Å². The molecule has 0 amide bonds. The number of fused-ring (bicyclic) bond motifs is 3. The van der Waals surface area contributed by atoms with Gasteiger partial charge in [-0.25, -0.2) is 0 Å². The molecule has 0 bridgehead atoms. The fourth-order valence-corrected chi connectivity index (χ4v) is 7.70. The van der Waals surface area contributed by atoms with Gasteiger partial charge in [-0.2, -0.15) is 0 Å². The molecule has 146 valence electrons. The van der Waals surface area contributed by atoms with E-state index in [-0.39, 0.29) is 40.7 Å². The van der Waals surface area contributed by atoms with Crippen LogP contribution in [-0.4, -0.2) is 45.7 Å². The molecule has 5 nitrogen and oxygen atoms in total. The second-order valence-corrected chi connectivity index (χ2v) is 9.86. The summed E-state index contributed by atoms with van der Waals surface area (Å²) in [6, 6.07) is 0. The number of Topliss-reactive ketones (excluding diaryl/α,β-unsaturated/α-hetero) is 1. The third-order valence-corrected chi connectivity index (χ3v) is 9.08. The lowest BCUT2D eigenvalue weighted by Gasteiger charge is -2.55. The third kappa shape index (κ3) is 1.73. The molecule has 27 heavy (non-hydrogen) atoms. The molecule has 4 aliphatic carbocycles. The molecule has 5 heteroatoms. The van der Waals surface area contributed by atoms with Gasteiger partial charge >= 0.3 is 0 Å². The van der Waals surface area contributed by atoms with E-state index in [1.165, 1.54) is 0 Å². The highest BCUT2D eigenvalue weighted by molar-refractivity contribution is 6.01. The molecule has 1 spiro atoms. The summed E-state index contributed by atoms with van der Waals surface area (Å²) in [7, 11) is 0. The summed E-state index contributed by atoms with van der Waals surface area (Å²) < 4.78 is 6.43. The minimum absolute atomic E-state index is 0.0291. The van der Waals surface area contributed by atoms with Crippen LogP contribution < -0.4 is 0 Å². The normalized spacial score (nSPS) is 55.1. The Hall–Kier alpha value is -1.30. The number of ether oxygens (including phenoxy) is 1. The van der Waals surface area contributed by atoms with Gasteiger partial charge in [0.05, 0.1) is 6.10 Å². The maximum absolute atomic E-state index is 12.6. The average Bonchev–Trinajstić information content (AvgIpc) is 3.31. The number of hydrogen-bond acceptors (Lipinski definition) is 5. The van der Waals surface area contributed by atoms with Gasteiger partial charge in [0.2, 0.25) is 0 Å². The second kappa shape index (κ2) is 5.00. The molecule has 5 aliphatic rings. The average molecular weight is 372 g/mol. The topological polar surface area (TPSA) is 87.1 Å². The summed E-state index contributed by atoms with van der Waals surface area (Å²) in [5.41, 5.74) is -1.55. The van der Waals surface area contributed by atoms with Crippen molar-refractivity contribution in [3.05, 3.63) is 23.8 Å². The summed E-state index contributed by atoms with van der Waals surface area (Å²) in [4.78, 5) is 24.5. The van der Waals surface area contributed by atoms with Crippen molar-refractivity contribution in [1.29, 1.82) is 0 Å². The van der Waals surface area contributed by atoms with Crippen molar-refractivity contribution in [1.82, 2.24) is 0 Å². The van der Waals surface area contributed by atoms with Crippen molar-refractivity contribution in [3.8, 4) is 0 Å². The van der Waals surface area contributed by atoms with Crippen molar-refractivity contribution in [2.24, 2.45) is 28.6 Å². The molecule has 0 radical (unpaired) electrons. The second-order valence-electron chi connectivity index (χ2n) is 9.86. The van der Waals surface area contributed by atoms with Crippen LogP contribution in [0.2, 0.25) is 0 Å². The zero-order valence-electron chi connectivity index (χ0n) is 16.2. The van der Waals surface area contributed by atoms with Crippen molar-refractivity contribution < 1.29 is 24.5 Å². The minimum Gasteiger partial charge on any atom is -0.388 e. The number of aliphatic hydroxyl groups excluding tert-OH is 1. The quantitative estimate of drug-likeness (QED) is 0.724. The Labute approximate surface area is 159 Å². The van der Waals surface area contributed by atoms with E-state index in [1.54, 1.807) is 12.2 Å². The summed E-state index contributed by atoms with van der Waals surface area (Å²) in [5, 5.41) is 21.0. The molecule has 1 saturated heterocycles. The van der Waals surface area contributed by atoms with E-state index >= 15 is 0 Å².